The van der Waals surface area contributed by atoms with E-state index in [1.54, 1.807) is 0 Å². The van der Waals surface area contributed by atoms with Crippen molar-refractivity contribution >= 4 is 29.9 Å². The molecule has 0 amide bonds. The number of guanidine groups is 1. The van der Waals surface area contributed by atoms with Gasteiger partial charge >= 0.3 is 0 Å². The first-order valence-electron chi connectivity index (χ1n) is 6.58. The van der Waals surface area contributed by atoms with E-state index in [2.05, 4.69) is 35.1 Å². The second-order valence-corrected chi connectivity index (χ2v) is 4.88. The number of nitrogens with one attached hydrogen (secondary N) is 1. The Kier molecular flexibility index (Phi) is 6.84. The predicted octanol–water partition coefficient (Wildman–Crippen LogP) is 2.26. The molecule has 0 radical (unpaired) electrons. The molecule has 0 bridgehead atoms. The molecule has 0 aromatic heterocycles. The average molecular weight is 387 g/mol. The molecule has 110 valence electrons. The molecule has 1 aliphatic heterocycles. The second kappa shape index (κ2) is 8.14. The van der Waals surface area contributed by atoms with Crippen LogP contribution in [0.15, 0.2) is 35.3 Å². The Bertz CT molecular complexity index is 500. The fourth-order valence-corrected chi connectivity index (χ4v) is 2.01. The van der Waals surface area contributed by atoms with Gasteiger partial charge in [-0.2, -0.15) is 0 Å². The van der Waals surface area contributed by atoms with Crippen LogP contribution in [0.1, 0.15) is 18.1 Å². The highest BCUT2D eigenvalue weighted by molar-refractivity contribution is 14.0. The first kappa shape index (κ1) is 16.8. The first-order chi connectivity index (χ1) is 9.15. The van der Waals surface area contributed by atoms with Crippen LogP contribution in [0.4, 0.5) is 0 Å². The van der Waals surface area contributed by atoms with Crippen LogP contribution in [0.5, 0.6) is 5.75 Å². The van der Waals surface area contributed by atoms with E-state index in [9.17, 15) is 0 Å². The number of ether oxygens (including phenoxy) is 1. The normalized spacial score (nSPS) is 13.2. The van der Waals surface area contributed by atoms with Crippen molar-refractivity contribution in [1.29, 1.82) is 0 Å². The monoisotopic (exact) mass is 387 g/mol. The molecule has 1 aromatic rings. The van der Waals surface area contributed by atoms with Gasteiger partial charge in [-0.05, 0) is 30.5 Å². The molecule has 1 heterocycles. The molecule has 0 atom stereocenters. The summed E-state index contributed by atoms with van der Waals surface area (Å²) in [5, 5.41) is 3.11. The number of nitrogens with zero attached hydrogens (tertiary/aromatic N) is 1. The quantitative estimate of drug-likeness (QED) is 0.353. The van der Waals surface area contributed by atoms with Crippen molar-refractivity contribution < 1.29 is 4.74 Å². The number of rotatable bonds is 5. The van der Waals surface area contributed by atoms with Crippen LogP contribution in [0, 0.1) is 0 Å². The lowest BCUT2D eigenvalue weighted by Gasteiger charge is -2.07. The standard InChI is InChI=1S/C15H21N3O.HI/c1-11(2)10-18-15(16)17-7-5-12-3-4-14-13(9-12)6-8-19-14;/h3-4,9H,1,5-8,10H2,2H3,(H3,16,17,18);1H. The third-order valence-corrected chi connectivity index (χ3v) is 2.99. The van der Waals surface area contributed by atoms with Gasteiger partial charge in [0.15, 0.2) is 5.96 Å². The lowest BCUT2D eigenvalue weighted by atomic mass is 10.1. The van der Waals surface area contributed by atoms with Gasteiger partial charge in [0.1, 0.15) is 5.75 Å². The highest BCUT2D eigenvalue weighted by atomic mass is 127. The van der Waals surface area contributed by atoms with Crippen molar-refractivity contribution in [3.05, 3.63) is 41.5 Å². The lowest BCUT2D eigenvalue weighted by molar-refractivity contribution is 0.357. The fraction of sp³-hybridized carbons (Fsp3) is 0.400. The van der Waals surface area contributed by atoms with E-state index in [4.69, 9.17) is 10.5 Å². The van der Waals surface area contributed by atoms with Crippen molar-refractivity contribution in [2.45, 2.75) is 19.8 Å². The predicted molar refractivity (Wildman–Crippen MR) is 94.1 cm³/mol. The van der Waals surface area contributed by atoms with Gasteiger partial charge in [-0.1, -0.05) is 24.3 Å². The highest BCUT2D eigenvalue weighted by Crippen LogP contribution is 2.25. The smallest absolute Gasteiger partial charge is 0.188 e. The summed E-state index contributed by atoms with van der Waals surface area (Å²) in [4.78, 5) is 4.18. The van der Waals surface area contributed by atoms with Crippen LogP contribution < -0.4 is 15.8 Å². The number of hydrogen-bond donors (Lipinski definition) is 2. The van der Waals surface area contributed by atoms with Gasteiger partial charge in [-0.3, -0.25) is 0 Å². The molecule has 0 aliphatic carbocycles. The Hall–Kier alpha value is -1.24. The van der Waals surface area contributed by atoms with Crippen molar-refractivity contribution in [2.75, 3.05) is 19.7 Å². The summed E-state index contributed by atoms with van der Waals surface area (Å²) >= 11 is 0. The average Bonchev–Trinajstić information content (AvgIpc) is 2.83. The zero-order valence-electron chi connectivity index (χ0n) is 11.8. The maximum atomic E-state index is 5.75. The van der Waals surface area contributed by atoms with Crippen LogP contribution in [0.2, 0.25) is 0 Å². The molecule has 1 aromatic carbocycles. The first-order valence-corrected chi connectivity index (χ1v) is 6.58. The van der Waals surface area contributed by atoms with Crippen LogP contribution in [0.25, 0.3) is 0 Å². The van der Waals surface area contributed by atoms with E-state index in [0.717, 1.165) is 37.3 Å². The molecule has 2 rings (SSSR count). The summed E-state index contributed by atoms with van der Waals surface area (Å²) in [6.07, 6.45) is 1.94. The van der Waals surface area contributed by atoms with Crippen molar-refractivity contribution in [2.24, 2.45) is 10.7 Å². The van der Waals surface area contributed by atoms with Gasteiger partial charge in [-0.15, -0.1) is 24.0 Å². The molecule has 20 heavy (non-hydrogen) atoms. The van der Waals surface area contributed by atoms with Crippen LogP contribution >= 0.6 is 24.0 Å². The SMILES string of the molecule is C=C(C)CN=C(N)NCCc1ccc2c(c1)CCO2.I. The number of fused-ring (bicyclic) bond motifs is 1. The Morgan fingerprint density at radius 1 is 1.50 bits per heavy atom. The maximum Gasteiger partial charge on any atom is 0.188 e. The molecule has 4 nitrogen and oxygen atoms in total. The molecular weight excluding hydrogens is 365 g/mol. The fourth-order valence-electron chi connectivity index (χ4n) is 2.01. The van der Waals surface area contributed by atoms with E-state index < -0.39 is 0 Å². The van der Waals surface area contributed by atoms with E-state index >= 15 is 0 Å². The Morgan fingerprint density at radius 3 is 3.05 bits per heavy atom. The van der Waals surface area contributed by atoms with Gasteiger partial charge < -0.3 is 15.8 Å². The minimum atomic E-state index is 0. The van der Waals surface area contributed by atoms with Gasteiger partial charge in [0.25, 0.3) is 0 Å². The molecule has 0 fully saturated rings. The number of halogens is 1. The van der Waals surface area contributed by atoms with Crippen LogP contribution in [-0.2, 0) is 12.8 Å². The largest absolute Gasteiger partial charge is 0.493 e. The Labute approximate surface area is 137 Å². The second-order valence-electron chi connectivity index (χ2n) is 4.88. The molecule has 3 N–H and O–H groups in total. The maximum absolute atomic E-state index is 5.75. The Morgan fingerprint density at radius 2 is 2.30 bits per heavy atom. The van der Waals surface area contributed by atoms with Crippen LogP contribution in [-0.4, -0.2) is 25.7 Å². The number of aliphatic imine (C=N–C) groups is 1. The van der Waals surface area contributed by atoms with Gasteiger partial charge in [-0.25, -0.2) is 4.99 Å². The lowest BCUT2D eigenvalue weighted by Crippen LogP contribution is -2.33. The minimum Gasteiger partial charge on any atom is -0.493 e. The number of benzene rings is 1. The van der Waals surface area contributed by atoms with Gasteiger partial charge in [0.05, 0.1) is 13.2 Å². The summed E-state index contributed by atoms with van der Waals surface area (Å²) < 4.78 is 5.49. The number of nitrogens with two attached hydrogens (primary N) is 1. The van der Waals surface area contributed by atoms with E-state index in [0.29, 0.717) is 12.5 Å². The zero-order valence-corrected chi connectivity index (χ0v) is 14.1. The summed E-state index contributed by atoms with van der Waals surface area (Å²) in [5.41, 5.74) is 9.36. The molecule has 5 heteroatoms. The summed E-state index contributed by atoms with van der Waals surface area (Å²) in [7, 11) is 0. The zero-order chi connectivity index (χ0) is 13.7. The molecule has 1 aliphatic rings. The third-order valence-electron chi connectivity index (χ3n) is 2.99. The topological polar surface area (TPSA) is 59.6 Å². The van der Waals surface area contributed by atoms with Crippen molar-refractivity contribution in [1.82, 2.24) is 5.32 Å². The molecular formula is C15H22IN3O. The summed E-state index contributed by atoms with van der Waals surface area (Å²) in [6, 6.07) is 6.37. The van der Waals surface area contributed by atoms with Crippen molar-refractivity contribution in [3.8, 4) is 5.75 Å². The van der Waals surface area contributed by atoms with Crippen LogP contribution in [0.3, 0.4) is 0 Å². The minimum absolute atomic E-state index is 0. The van der Waals surface area contributed by atoms with E-state index in [1.165, 1.54) is 11.1 Å². The Balaban J connectivity index is 0.00000200. The molecule has 0 saturated carbocycles. The highest BCUT2D eigenvalue weighted by Gasteiger charge is 2.11. The number of hydrogen-bond acceptors (Lipinski definition) is 2. The van der Waals surface area contributed by atoms with Gasteiger partial charge in [0, 0.05) is 13.0 Å². The summed E-state index contributed by atoms with van der Waals surface area (Å²) in [6.45, 7) is 7.88. The molecule has 0 spiro atoms. The third kappa shape index (κ3) is 5.03. The van der Waals surface area contributed by atoms with E-state index in [1.807, 2.05) is 6.92 Å². The van der Waals surface area contributed by atoms with E-state index in [-0.39, 0.29) is 24.0 Å². The summed E-state index contributed by atoms with van der Waals surface area (Å²) in [5.74, 6) is 1.51. The molecule has 0 saturated heterocycles. The van der Waals surface area contributed by atoms with Crippen molar-refractivity contribution in [3.63, 3.8) is 0 Å². The van der Waals surface area contributed by atoms with Gasteiger partial charge in [0.2, 0.25) is 0 Å². The molecule has 0 unspecified atom stereocenters.